The van der Waals surface area contributed by atoms with Crippen LogP contribution in [0.3, 0.4) is 0 Å². The second-order valence-electron chi connectivity index (χ2n) is 8.67. The minimum Gasteiger partial charge on any atom is -0.507 e. The van der Waals surface area contributed by atoms with Gasteiger partial charge in [0.25, 0.3) is 11.7 Å². The normalized spacial score (nSPS) is 17.9. The zero-order valence-electron chi connectivity index (χ0n) is 19.6. The number of benzene rings is 2. The van der Waals surface area contributed by atoms with Crippen LogP contribution in [-0.4, -0.2) is 35.4 Å². The summed E-state index contributed by atoms with van der Waals surface area (Å²) in [6.07, 6.45) is 2.80. The number of aliphatic hydroxyl groups excluding tert-OH is 1. The number of ether oxygens (including phenoxy) is 1. The average Bonchev–Trinajstić information content (AvgIpc) is 3.04. The van der Waals surface area contributed by atoms with E-state index in [4.69, 9.17) is 4.74 Å². The molecule has 0 bridgehead atoms. The molecule has 1 unspecified atom stereocenters. The van der Waals surface area contributed by atoms with Crippen LogP contribution >= 0.6 is 0 Å². The number of aliphatic hydroxyl groups is 1. The molecular formula is C27H33NO4. The molecule has 5 nitrogen and oxygen atoms in total. The summed E-state index contributed by atoms with van der Waals surface area (Å²) in [5.74, 6) is -0.398. The summed E-state index contributed by atoms with van der Waals surface area (Å²) in [4.78, 5) is 27.8. The van der Waals surface area contributed by atoms with Gasteiger partial charge in [0.1, 0.15) is 11.5 Å². The minimum absolute atomic E-state index is 0.128. The predicted molar refractivity (Wildman–Crippen MR) is 127 cm³/mol. The number of ketones is 1. The minimum atomic E-state index is -0.630. The fourth-order valence-electron chi connectivity index (χ4n) is 4.35. The van der Waals surface area contributed by atoms with Gasteiger partial charge in [0.05, 0.1) is 18.7 Å². The molecule has 32 heavy (non-hydrogen) atoms. The van der Waals surface area contributed by atoms with Crippen molar-refractivity contribution in [3.8, 4) is 5.75 Å². The highest BCUT2D eigenvalue weighted by Gasteiger charge is 2.45. The zero-order chi connectivity index (χ0) is 23.4. The number of aryl methyl sites for hydroxylation is 1. The molecule has 170 valence electrons. The molecule has 1 heterocycles. The van der Waals surface area contributed by atoms with Gasteiger partial charge in [-0.3, -0.25) is 9.59 Å². The predicted octanol–water partition coefficient (Wildman–Crippen LogP) is 5.74. The van der Waals surface area contributed by atoms with Crippen molar-refractivity contribution in [2.45, 2.75) is 58.9 Å². The van der Waals surface area contributed by atoms with Gasteiger partial charge in [-0.2, -0.15) is 0 Å². The number of hydrogen-bond acceptors (Lipinski definition) is 4. The van der Waals surface area contributed by atoms with E-state index in [9.17, 15) is 14.7 Å². The molecule has 1 aliphatic rings. The Morgan fingerprint density at radius 2 is 1.81 bits per heavy atom. The van der Waals surface area contributed by atoms with E-state index < -0.39 is 17.7 Å². The maximum atomic E-state index is 13.2. The smallest absolute Gasteiger partial charge is 0.295 e. The molecule has 1 fully saturated rings. The number of methoxy groups -OCH3 is 1. The van der Waals surface area contributed by atoms with Crippen LogP contribution in [0.1, 0.15) is 74.2 Å². The molecule has 5 heteroatoms. The third-order valence-electron chi connectivity index (χ3n) is 6.11. The van der Waals surface area contributed by atoms with Crippen molar-refractivity contribution in [3.63, 3.8) is 0 Å². The summed E-state index contributed by atoms with van der Waals surface area (Å²) in [6.45, 7) is 8.55. The maximum Gasteiger partial charge on any atom is 0.295 e. The molecule has 2 aromatic carbocycles. The van der Waals surface area contributed by atoms with E-state index in [1.165, 1.54) is 0 Å². The molecule has 1 saturated heterocycles. The van der Waals surface area contributed by atoms with Crippen molar-refractivity contribution in [2.75, 3.05) is 13.7 Å². The third-order valence-corrected chi connectivity index (χ3v) is 6.11. The quantitative estimate of drug-likeness (QED) is 0.249. The van der Waals surface area contributed by atoms with Gasteiger partial charge in [-0.1, -0.05) is 63.9 Å². The van der Waals surface area contributed by atoms with Gasteiger partial charge in [-0.05, 0) is 48.1 Å². The molecule has 0 radical (unpaired) electrons. The van der Waals surface area contributed by atoms with Crippen LogP contribution in [0.25, 0.3) is 5.76 Å². The van der Waals surface area contributed by atoms with Crippen LogP contribution in [0.15, 0.2) is 48.0 Å². The van der Waals surface area contributed by atoms with Crippen molar-refractivity contribution >= 4 is 17.4 Å². The Balaban J connectivity index is 2.19. The number of unbranched alkanes of at least 4 members (excludes halogenated alkanes) is 2. The van der Waals surface area contributed by atoms with Crippen molar-refractivity contribution in [1.82, 2.24) is 4.90 Å². The molecule has 0 aromatic heterocycles. The lowest BCUT2D eigenvalue weighted by atomic mass is 9.91. The summed E-state index contributed by atoms with van der Waals surface area (Å²) in [5.41, 5.74) is 3.25. The van der Waals surface area contributed by atoms with Crippen LogP contribution in [0.4, 0.5) is 0 Å². The molecule has 2 aromatic rings. The summed E-state index contributed by atoms with van der Waals surface area (Å²) < 4.78 is 5.52. The highest BCUT2D eigenvalue weighted by Crippen LogP contribution is 2.41. The van der Waals surface area contributed by atoms with Crippen LogP contribution < -0.4 is 4.74 Å². The van der Waals surface area contributed by atoms with E-state index in [1.54, 1.807) is 12.0 Å². The van der Waals surface area contributed by atoms with Crippen molar-refractivity contribution in [1.29, 1.82) is 0 Å². The second-order valence-corrected chi connectivity index (χ2v) is 8.67. The van der Waals surface area contributed by atoms with Crippen LogP contribution in [0.5, 0.6) is 5.75 Å². The zero-order valence-corrected chi connectivity index (χ0v) is 19.6. The van der Waals surface area contributed by atoms with Crippen LogP contribution in [0, 0.1) is 6.92 Å². The standard InChI is InChI=1S/C27H33NO4/c1-6-7-11-14-28-24(19-12-9-8-10-13-19)23(26(30)27(28)31)25(29)21-16-20(17(2)3)22(32-5)15-18(21)4/h8-10,12-13,15-17,24,29H,6-7,11,14H2,1-5H3/b25-23+. The number of nitrogens with zero attached hydrogens (tertiary/aromatic N) is 1. The molecule has 3 rings (SSSR count). The number of carbonyl (C=O) groups excluding carboxylic acids is 2. The Labute approximate surface area is 190 Å². The van der Waals surface area contributed by atoms with Gasteiger partial charge in [0.2, 0.25) is 0 Å². The molecule has 1 N–H and O–H groups in total. The first-order valence-electron chi connectivity index (χ1n) is 11.3. The number of hydrogen-bond donors (Lipinski definition) is 1. The molecule has 1 aliphatic heterocycles. The number of amides is 1. The van der Waals surface area contributed by atoms with E-state index >= 15 is 0 Å². The summed E-state index contributed by atoms with van der Waals surface area (Å²) in [5, 5.41) is 11.4. The molecule has 0 spiro atoms. The second kappa shape index (κ2) is 10.0. The molecule has 0 saturated carbocycles. The van der Waals surface area contributed by atoms with E-state index in [-0.39, 0.29) is 17.3 Å². The Hall–Kier alpha value is -3.08. The van der Waals surface area contributed by atoms with E-state index in [0.29, 0.717) is 12.1 Å². The molecule has 1 amide bonds. The monoisotopic (exact) mass is 435 g/mol. The van der Waals surface area contributed by atoms with Crippen molar-refractivity contribution in [3.05, 3.63) is 70.3 Å². The topological polar surface area (TPSA) is 66.8 Å². The van der Waals surface area contributed by atoms with Crippen LogP contribution in [0.2, 0.25) is 0 Å². The third kappa shape index (κ3) is 4.43. The summed E-state index contributed by atoms with van der Waals surface area (Å²) in [6, 6.07) is 12.6. The van der Waals surface area contributed by atoms with Gasteiger partial charge in [-0.25, -0.2) is 0 Å². The highest BCUT2D eigenvalue weighted by molar-refractivity contribution is 6.46. The van der Waals surface area contributed by atoms with Gasteiger partial charge < -0.3 is 14.7 Å². The van der Waals surface area contributed by atoms with E-state index in [1.807, 2.05) is 63.2 Å². The van der Waals surface area contributed by atoms with Crippen molar-refractivity contribution in [2.24, 2.45) is 0 Å². The summed E-state index contributed by atoms with van der Waals surface area (Å²) in [7, 11) is 1.62. The van der Waals surface area contributed by atoms with E-state index in [0.717, 1.165) is 41.7 Å². The fraction of sp³-hybridized carbons (Fsp3) is 0.407. The lowest BCUT2D eigenvalue weighted by Crippen LogP contribution is -2.30. The van der Waals surface area contributed by atoms with Crippen molar-refractivity contribution < 1.29 is 19.4 Å². The van der Waals surface area contributed by atoms with Gasteiger partial charge in [-0.15, -0.1) is 0 Å². The van der Waals surface area contributed by atoms with Gasteiger partial charge in [0, 0.05) is 12.1 Å². The number of Topliss-reactive ketones (excluding diaryl/α,β-unsaturated/α-hetero) is 1. The Morgan fingerprint density at radius 1 is 1.12 bits per heavy atom. The highest BCUT2D eigenvalue weighted by atomic mass is 16.5. The SMILES string of the molecule is CCCCCN1C(=O)C(=O)/C(=C(/O)c2cc(C(C)C)c(OC)cc2C)C1c1ccccc1. The lowest BCUT2D eigenvalue weighted by molar-refractivity contribution is -0.139. The number of rotatable bonds is 8. The fourth-order valence-corrected chi connectivity index (χ4v) is 4.35. The Kier molecular flexibility index (Phi) is 7.39. The Bertz CT molecular complexity index is 1020. The molecule has 0 aliphatic carbocycles. The first-order valence-corrected chi connectivity index (χ1v) is 11.3. The number of carbonyl (C=O) groups is 2. The summed E-state index contributed by atoms with van der Waals surface area (Å²) >= 11 is 0. The Morgan fingerprint density at radius 3 is 2.41 bits per heavy atom. The molecular weight excluding hydrogens is 402 g/mol. The average molecular weight is 436 g/mol. The van der Waals surface area contributed by atoms with Crippen LogP contribution in [-0.2, 0) is 9.59 Å². The van der Waals surface area contributed by atoms with E-state index in [2.05, 4.69) is 6.92 Å². The van der Waals surface area contributed by atoms with Gasteiger partial charge >= 0.3 is 0 Å². The first-order chi connectivity index (χ1) is 15.3. The van der Waals surface area contributed by atoms with Gasteiger partial charge in [0.15, 0.2) is 0 Å². The molecule has 1 atom stereocenters. The lowest BCUT2D eigenvalue weighted by Gasteiger charge is -2.25. The maximum absolute atomic E-state index is 13.2. The largest absolute Gasteiger partial charge is 0.507 e. The first kappa shape index (κ1) is 23.6. The number of likely N-dealkylation sites (tertiary alicyclic amines) is 1.